The van der Waals surface area contributed by atoms with Crippen molar-refractivity contribution in [2.45, 2.75) is 19.3 Å². The Morgan fingerprint density at radius 3 is 2.75 bits per heavy atom. The lowest BCUT2D eigenvalue weighted by atomic mass is 9.94. The van der Waals surface area contributed by atoms with Crippen molar-refractivity contribution in [3.05, 3.63) is 42.0 Å². The summed E-state index contributed by atoms with van der Waals surface area (Å²) in [5.41, 5.74) is 0.847. The van der Waals surface area contributed by atoms with Crippen LogP contribution in [0.1, 0.15) is 24.8 Å². The molecule has 0 spiro atoms. The van der Waals surface area contributed by atoms with Crippen LogP contribution in [0.25, 0.3) is 10.8 Å². The number of rotatable bonds is 2. The largest absolute Gasteiger partial charge is 0.507 e. The fourth-order valence-corrected chi connectivity index (χ4v) is 1.92. The van der Waals surface area contributed by atoms with E-state index in [4.69, 9.17) is 5.26 Å². The number of hydrogen-bond acceptors (Lipinski definition) is 2. The molecule has 80 valence electrons. The predicted octanol–water partition coefficient (Wildman–Crippen LogP) is 3.56. The van der Waals surface area contributed by atoms with E-state index in [1.165, 1.54) is 0 Å². The van der Waals surface area contributed by atoms with Gasteiger partial charge in [-0.2, -0.15) is 5.26 Å². The third-order valence-corrected chi connectivity index (χ3v) is 2.86. The average Bonchev–Trinajstić information content (AvgIpc) is 2.30. The predicted molar refractivity (Wildman–Crippen MR) is 64.3 cm³/mol. The Hall–Kier alpha value is -2.01. The molecule has 0 radical (unpaired) electrons. The molecule has 0 amide bonds. The van der Waals surface area contributed by atoms with Gasteiger partial charge in [0, 0.05) is 11.8 Å². The van der Waals surface area contributed by atoms with Gasteiger partial charge in [0.15, 0.2) is 0 Å². The van der Waals surface area contributed by atoms with Crippen molar-refractivity contribution in [2.75, 3.05) is 0 Å². The van der Waals surface area contributed by atoms with Gasteiger partial charge < -0.3 is 5.11 Å². The normalized spacial score (nSPS) is 12.2. The lowest BCUT2D eigenvalue weighted by Crippen LogP contribution is -1.93. The molecular weight excluding hydrogens is 198 g/mol. The smallest absolute Gasteiger partial charge is 0.126 e. The zero-order valence-electron chi connectivity index (χ0n) is 9.14. The van der Waals surface area contributed by atoms with Crippen LogP contribution in [-0.2, 0) is 0 Å². The quantitative estimate of drug-likeness (QED) is 0.825. The van der Waals surface area contributed by atoms with Crippen LogP contribution in [0, 0.1) is 11.3 Å². The van der Waals surface area contributed by atoms with Gasteiger partial charge in [0.05, 0.1) is 6.07 Å². The highest BCUT2D eigenvalue weighted by Gasteiger charge is 2.12. The minimum absolute atomic E-state index is 0.0645. The van der Waals surface area contributed by atoms with Gasteiger partial charge in [-0.05, 0) is 16.9 Å². The van der Waals surface area contributed by atoms with Gasteiger partial charge in [0.1, 0.15) is 5.75 Å². The van der Waals surface area contributed by atoms with Crippen molar-refractivity contribution < 1.29 is 5.11 Å². The SMILES string of the molecule is CC(CC#N)c1ccc2ccccc2c1O. The molecule has 0 fully saturated rings. The van der Waals surface area contributed by atoms with Gasteiger partial charge in [-0.25, -0.2) is 0 Å². The summed E-state index contributed by atoms with van der Waals surface area (Å²) in [4.78, 5) is 0. The van der Waals surface area contributed by atoms with Crippen LogP contribution in [-0.4, -0.2) is 5.11 Å². The maximum absolute atomic E-state index is 10.1. The Morgan fingerprint density at radius 1 is 1.25 bits per heavy atom. The van der Waals surface area contributed by atoms with Gasteiger partial charge in [-0.15, -0.1) is 0 Å². The zero-order chi connectivity index (χ0) is 11.5. The molecule has 1 atom stereocenters. The summed E-state index contributed by atoms with van der Waals surface area (Å²) in [7, 11) is 0. The van der Waals surface area contributed by atoms with Gasteiger partial charge in [-0.3, -0.25) is 0 Å². The molecule has 0 aliphatic rings. The van der Waals surface area contributed by atoms with Gasteiger partial charge >= 0.3 is 0 Å². The molecule has 0 aliphatic carbocycles. The first-order valence-corrected chi connectivity index (χ1v) is 5.31. The molecule has 2 aromatic carbocycles. The van der Waals surface area contributed by atoms with Crippen molar-refractivity contribution in [3.8, 4) is 11.8 Å². The molecule has 0 saturated carbocycles. The highest BCUT2D eigenvalue weighted by Crippen LogP contribution is 2.34. The van der Waals surface area contributed by atoms with E-state index in [1.54, 1.807) is 0 Å². The minimum Gasteiger partial charge on any atom is -0.507 e. The lowest BCUT2D eigenvalue weighted by molar-refractivity contribution is 0.470. The second-order valence-electron chi connectivity index (χ2n) is 3.99. The first-order valence-electron chi connectivity index (χ1n) is 5.31. The number of nitriles is 1. The van der Waals surface area contributed by atoms with Crippen molar-refractivity contribution in [1.29, 1.82) is 5.26 Å². The van der Waals surface area contributed by atoms with Crippen molar-refractivity contribution in [3.63, 3.8) is 0 Å². The van der Waals surface area contributed by atoms with Gasteiger partial charge in [-0.1, -0.05) is 43.3 Å². The van der Waals surface area contributed by atoms with E-state index >= 15 is 0 Å². The Bertz CT molecular complexity index is 554. The van der Waals surface area contributed by atoms with Crippen molar-refractivity contribution in [2.24, 2.45) is 0 Å². The monoisotopic (exact) mass is 211 g/mol. The molecule has 0 aromatic heterocycles. The Kier molecular flexibility index (Phi) is 2.78. The second-order valence-corrected chi connectivity index (χ2v) is 3.99. The number of benzene rings is 2. The van der Waals surface area contributed by atoms with Gasteiger partial charge in [0.25, 0.3) is 0 Å². The summed E-state index contributed by atoms with van der Waals surface area (Å²) < 4.78 is 0. The van der Waals surface area contributed by atoms with Crippen LogP contribution >= 0.6 is 0 Å². The molecule has 0 aliphatic heterocycles. The van der Waals surface area contributed by atoms with Crippen LogP contribution in [0.15, 0.2) is 36.4 Å². The summed E-state index contributed by atoms with van der Waals surface area (Å²) in [6, 6.07) is 13.7. The van der Waals surface area contributed by atoms with E-state index in [2.05, 4.69) is 6.07 Å². The Balaban J connectivity index is 2.57. The molecule has 0 saturated heterocycles. The van der Waals surface area contributed by atoms with Gasteiger partial charge in [0.2, 0.25) is 0 Å². The highest BCUT2D eigenvalue weighted by atomic mass is 16.3. The highest BCUT2D eigenvalue weighted by molar-refractivity contribution is 5.89. The molecule has 16 heavy (non-hydrogen) atoms. The summed E-state index contributed by atoms with van der Waals surface area (Å²) in [5, 5.41) is 20.7. The topological polar surface area (TPSA) is 44.0 Å². The van der Waals surface area contributed by atoms with Crippen molar-refractivity contribution >= 4 is 10.8 Å². The van der Waals surface area contributed by atoms with Crippen LogP contribution in [0.2, 0.25) is 0 Å². The second kappa shape index (κ2) is 4.24. The first-order chi connectivity index (χ1) is 7.74. The van der Waals surface area contributed by atoms with E-state index in [1.807, 2.05) is 43.3 Å². The molecule has 1 N–H and O–H groups in total. The fraction of sp³-hybridized carbons (Fsp3) is 0.214. The summed E-state index contributed by atoms with van der Waals surface area (Å²) >= 11 is 0. The van der Waals surface area contributed by atoms with E-state index in [-0.39, 0.29) is 5.92 Å². The molecular formula is C14H13NO. The lowest BCUT2D eigenvalue weighted by Gasteiger charge is -2.12. The van der Waals surface area contributed by atoms with Crippen LogP contribution in [0.3, 0.4) is 0 Å². The minimum atomic E-state index is 0.0645. The maximum Gasteiger partial charge on any atom is 0.126 e. The van der Waals surface area contributed by atoms with Crippen LogP contribution in [0.4, 0.5) is 0 Å². The molecule has 1 unspecified atom stereocenters. The standard InChI is InChI=1S/C14H13NO/c1-10(8-9-15)12-7-6-11-4-2-3-5-13(11)14(12)16/h2-7,10,16H,8H2,1H3. The Morgan fingerprint density at radius 2 is 2.00 bits per heavy atom. The maximum atomic E-state index is 10.1. The fourth-order valence-electron chi connectivity index (χ4n) is 1.92. The number of nitrogens with zero attached hydrogens (tertiary/aromatic N) is 1. The summed E-state index contributed by atoms with van der Waals surface area (Å²) in [6.07, 6.45) is 0.423. The summed E-state index contributed by atoms with van der Waals surface area (Å²) in [5.74, 6) is 0.371. The van der Waals surface area contributed by atoms with Crippen LogP contribution in [0.5, 0.6) is 5.75 Å². The van der Waals surface area contributed by atoms with E-state index in [0.717, 1.165) is 16.3 Å². The van der Waals surface area contributed by atoms with Crippen molar-refractivity contribution in [1.82, 2.24) is 0 Å². The molecule has 2 heteroatoms. The number of phenolic OH excluding ortho intramolecular Hbond substituents is 1. The molecule has 2 rings (SSSR count). The third-order valence-electron chi connectivity index (χ3n) is 2.86. The van der Waals surface area contributed by atoms with E-state index < -0.39 is 0 Å². The Labute approximate surface area is 94.8 Å². The molecule has 2 aromatic rings. The third kappa shape index (κ3) is 1.72. The first kappa shape index (κ1) is 10.5. The molecule has 2 nitrogen and oxygen atoms in total. The molecule has 0 bridgehead atoms. The van der Waals surface area contributed by atoms with Crippen LogP contribution < -0.4 is 0 Å². The molecule has 0 heterocycles. The number of hydrogen-bond donors (Lipinski definition) is 1. The van der Waals surface area contributed by atoms with E-state index in [0.29, 0.717) is 12.2 Å². The average molecular weight is 211 g/mol. The number of phenols is 1. The number of aromatic hydroxyl groups is 1. The number of fused-ring (bicyclic) bond motifs is 1. The zero-order valence-corrected chi connectivity index (χ0v) is 9.14. The van der Waals surface area contributed by atoms with E-state index in [9.17, 15) is 5.11 Å². The summed E-state index contributed by atoms with van der Waals surface area (Å²) in [6.45, 7) is 1.95.